The molecule has 2 aromatic rings. The number of benzene rings is 2. The first-order chi connectivity index (χ1) is 9.65. The lowest BCUT2D eigenvalue weighted by Crippen LogP contribution is -1.96. The van der Waals surface area contributed by atoms with Crippen molar-refractivity contribution >= 4 is 5.97 Å². The third-order valence-corrected chi connectivity index (χ3v) is 2.88. The van der Waals surface area contributed by atoms with Crippen LogP contribution in [0, 0.1) is 0 Å². The van der Waals surface area contributed by atoms with E-state index in [4.69, 9.17) is 9.84 Å². The van der Waals surface area contributed by atoms with Crippen LogP contribution >= 0.6 is 0 Å². The van der Waals surface area contributed by atoms with Crippen molar-refractivity contribution in [1.82, 2.24) is 0 Å². The van der Waals surface area contributed by atoms with Gasteiger partial charge < -0.3 is 9.84 Å². The van der Waals surface area contributed by atoms with E-state index in [0.29, 0.717) is 12.0 Å². The Kier molecular flexibility index (Phi) is 4.56. The van der Waals surface area contributed by atoms with Gasteiger partial charge in [0.25, 0.3) is 0 Å². The van der Waals surface area contributed by atoms with Crippen molar-refractivity contribution in [2.75, 3.05) is 0 Å². The number of aliphatic carboxylic acids is 1. The van der Waals surface area contributed by atoms with Crippen molar-refractivity contribution in [2.45, 2.75) is 13.3 Å². The quantitative estimate of drug-likeness (QED) is 0.832. The van der Waals surface area contributed by atoms with Crippen molar-refractivity contribution in [3.63, 3.8) is 0 Å². The Morgan fingerprint density at radius 1 is 1.05 bits per heavy atom. The van der Waals surface area contributed by atoms with Gasteiger partial charge in [-0.05, 0) is 43.2 Å². The minimum atomic E-state index is -0.881. The first-order valence-electron chi connectivity index (χ1n) is 6.37. The molecule has 0 saturated heterocycles. The van der Waals surface area contributed by atoms with Crippen LogP contribution in [0.4, 0.5) is 0 Å². The molecule has 102 valence electrons. The van der Waals surface area contributed by atoms with E-state index in [9.17, 15) is 4.79 Å². The Morgan fingerprint density at radius 3 is 2.25 bits per heavy atom. The lowest BCUT2D eigenvalue weighted by molar-refractivity contribution is -0.132. The molecule has 3 heteroatoms. The standard InChI is InChI=1S/C17H16O3/c1-13(17(18)19)7-8-14-9-11-16(12-10-14)20-15-5-3-2-4-6-15/h2-7,9-12H,8H2,1H3,(H,18,19)/b13-7+. The average Bonchev–Trinajstić information content (AvgIpc) is 2.47. The molecule has 2 aromatic carbocycles. The SMILES string of the molecule is C/C(=C\Cc1ccc(Oc2ccccc2)cc1)C(=O)O. The normalized spacial score (nSPS) is 11.2. The van der Waals surface area contributed by atoms with Crippen molar-refractivity contribution in [3.8, 4) is 11.5 Å². The zero-order valence-electron chi connectivity index (χ0n) is 11.2. The molecule has 0 spiro atoms. The van der Waals surface area contributed by atoms with Gasteiger partial charge in [-0.3, -0.25) is 0 Å². The Bertz CT molecular complexity index is 598. The number of carboxylic acids is 1. The number of hydrogen-bond acceptors (Lipinski definition) is 2. The fourth-order valence-electron chi connectivity index (χ4n) is 1.68. The van der Waals surface area contributed by atoms with Gasteiger partial charge in [0.15, 0.2) is 0 Å². The van der Waals surface area contributed by atoms with Gasteiger partial charge in [-0.15, -0.1) is 0 Å². The molecule has 3 nitrogen and oxygen atoms in total. The summed E-state index contributed by atoms with van der Waals surface area (Å²) in [5.74, 6) is 0.676. The van der Waals surface area contributed by atoms with Gasteiger partial charge >= 0.3 is 5.97 Å². The van der Waals surface area contributed by atoms with Crippen molar-refractivity contribution < 1.29 is 14.6 Å². The van der Waals surface area contributed by atoms with Crippen LogP contribution in [0.1, 0.15) is 12.5 Å². The number of rotatable bonds is 5. The smallest absolute Gasteiger partial charge is 0.330 e. The van der Waals surface area contributed by atoms with Gasteiger partial charge in [0.2, 0.25) is 0 Å². The zero-order valence-corrected chi connectivity index (χ0v) is 11.2. The fraction of sp³-hybridized carbons (Fsp3) is 0.118. The summed E-state index contributed by atoms with van der Waals surface area (Å²) in [6, 6.07) is 17.2. The minimum absolute atomic E-state index is 0.356. The fourth-order valence-corrected chi connectivity index (χ4v) is 1.68. The summed E-state index contributed by atoms with van der Waals surface area (Å²) in [5.41, 5.74) is 1.40. The van der Waals surface area contributed by atoms with E-state index in [1.54, 1.807) is 13.0 Å². The van der Waals surface area contributed by atoms with Crippen LogP contribution in [0.25, 0.3) is 0 Å². The van der Waals surface area contributed by atoms with Gasteiger partial charge in [-0.25, -0.2) is 4.79 Å². The van der Waals surface area contributed by atoms with Crippen molar-refractivity contribution in [3.05, 3.63) is 71.8 Å². The molecule has 0 fully saturated rings. The molecular formula is C17H16O3. The summed E-state index contributed by atoms with van der Waals surface area (Å²) in [7, 11) is 0. The van der Waals surface area contributed by atoms with E-state index in [2.05, 4.69) is 0 Å². The first kappa shape index (κ1) is 13.9. The molecule has 0 unspecified atom stereocenters. The number of hydrogen-bond donors (Lipinski definition) is 1. The molecule has 1 N–H and O–H groups in total. The molecule has 0 atom stereocenters. The molecule has 0 aliphatic rings. The summed E-state index contributed by atoms with van der Waals surface area (Å²) >= 11 is 0. The molecule has 0 aromatic heterocycles. The second kappa shape index (κ2) is 6.57. The lowest BCUT2D eigenvalue weighted by atomic mass is 10.1. The maximum atomic E-state index is 10.7. The lowest BCUT2D eigenvalue weighted by Gasteiger charge is -2.06. The molecule has 0 saturated carbocycles. The average molecular weight is 268 g/mol. The summed E-state index contributed by atoms with van der Waals surface area (Å²) in [4.78, 5) is 10.7. The largest absolute Gasteiger partial charge is 0.478 e. The van der Waals surface area contributed by atoms with E-state index < -0.39 is 5.97 Å². The maximum Gasteiger partial charge on any atom is 0.330 e. The van der Waals surface area contributed by atoms with Crippen molar-refractivity contribution in [1.29, 1.82) is 0 Å². The van der Waals surface area contributed by atoms with Crippen LogP contribution in [0.3, 0.4) is 0 Å². The predicted octanol–water partition coefficient (Wildman–Crippen LogP) is 4.05. The minimum Gasteiger partial charge on any atom is -0.478 e. The number of allylic oxidation sites excluding steroid dienone is 1. The Labute approximate surface area is 118 Å². The van der Waals surface area contributed by atoms with Gasteiger partial charge in [0.05, 0.1) is 0 Å². The Balaban J connectivity index is 2.00. The molecule has 0 bridgehead atoms. The van der Waals surface area contributed by atoms with Crippen LogP contribution in [0.15, 0.2) is 66.2 Å². The molecule has 0 aliphatic carbocycles. The molecule has 20 heavy (non-hydrogen) atoms. The van der Waals surface area contributed by atoms with E-state index in [-0.39, 0.29) is 0 Å². The second-order valence-corrected chi connectivity index (χ2v) is 4.46. The number of ether oxygens (including phenoxy) is 1. The van der Waals surface area contributed by atoms with Crippen molar-refractivity contribution in [2.24, 2.45) is 0 Å². The molecule has 0 aliphatic heterocycles. The molecule has 2 rings (SSSR count). The van der Waals surface area contributed by atoms with Crippen LogP contribution in [0.2, 0.25) is 0 Å². The highest BCUT2D eigenvalue weighted by molar-refractivity contribution is 5.85. The Morgan fingerprint density at radius 2 is 1.65 bits per heavy atom. The van der Waals surface area contributed by atoms with Crippen LogP contribution < -0.4 is 4.74 Å². The number of para-hydroxylation sites is 1. The first-order valence-corrected chi connectivity index (χ1v) is 6.37. The molecule has 0 radical (unpaired) electrons. The highest BCUT2D eigenvalue weighted by atomic mass is 16.5. The topological polar surface area (TPSA) is 46.5 Å². The summed E-state index contributed by atoms with van der Waals surface area (Å²) < 4.78 is 5.69. The van der Waals surface area contributed by atoms with E-state index in [1.807, 2.05) is 54.6 Å². The van der Waals surface area contributed by atoms with Gasteiger partial charge in [-0.1, -0.05) is 36.4 Å². The van der Waals surface area contributed by atoms with Gasteiger partial charge in [0, 0.05) is 5.57 Å². The maximum absolute atomic E-state index is 10.7. The van der Waals surface area contributed by atoms with Crippen LogP contribution in [-0.4, -0.2) is 11.1 Å². The highest BCUT2D eigenvalue weighted by Gasteiger charge is 2.00. The van der Waals surface area contributed by atoms with Crippen LogP contribution in [-0.2, 0) is 11.2 Å². The third kappa shape index (κ3) is 3.99. The third-order valence-electron chi connectivity index (χ3n) is 2.88. The number of carbonyl (C=O) groups is 1. The summed E-state index contributed by atoms with van der Waals surface area (Å²) in [6.07, 6.45) is 2.30. The molecule has 0 amide bonds. The second-order valence-electron chi connectivity index (χ2n) is 4.46. The predicted molar refractivity (Wildman–Crippen MR) is 78.1 cm³/mol. The monoisotopic (exact) mass is 268 g/mol. The highest BCUT2D eigenvalue weighted by Crippen LogP contribution is 2.21. The van der Waals surface area contributed by atoms with Gasteiger partial charge in [-0.2, -0.15) is 0 Å². The van der Waals surface area contributed by atoms with Gasteiger partial charge in [0.1, 0.15) is 11.5 Å². The van der Waals surface area contributed by atoms with E-state index in [1.165, 1.54) is 0 Å². The number of carboxylic acid groups (broad SMARTS) is 1. The van der Waals surface area contributed by atoms with Crippen LogP contribution in [0.5, 0.6) is 11.5 Å². The van der Waals surface area contributed by atoms with E-state index in [0.717, 1.165) is 17.1 Å². The summed E-state index contributed by atoms with van der Waals surface area (Å²) in [5, 5.41) is 8.78. The summed E-state index contributed by atoms with van der Waals surface area (Å²) in [6.45, 7) is 1.59. The van der Waals surface area contributed by atoms with E-state index >= 15 is 0 Å². The Hall–Kier alpha value is -2.55. The molecule has 0 heterocycles. The molecular weight excluding hydrogens is 252 g/mol. The zero-order chi connectivity index (χ0) is 14.4.